The van der Waals surface area contributed by atoms with Gasteiger partial charge in [0, 0.05) is 12.3 Å². The predicted molar refractivity (Wildman–Crippen MR) is 53.4 cm³/mol. The number of nitro benzene ring substituents is 1. The molecule has 4 nitrogen and oxygen atoms in total. The van der Waals surface area contributed by atoms with E-state index in [4.69, 9.17) is 11.6 Å². The number of fused-ring (bicyclic) bond motifs is 1. The molecule has 2 aromatic rings. The minimum absolute atomic E-state index is 0.0255. The molecule has 0 atom stereocenters. The van der Waals surface area contributed by atoms with Crippen LogP contribution in [0.2, 0.25) is 5.02 Å². The molecule has 0 spiro atoms. The number of non-ortho nitro benzene ring substituents is 1. The van der Waals surface area contributed by atoms with Crippen molar-refractivity contribution in [3.63, 3.8) is 0 Å². The third-order valence-electron chi connectivity index (χ3n) is 1.87. The lowest BCUT2D eigenvalue weighted by Gasteiger charge is -1.98. The van der Waals surface area contributed by atoms with Crippen molar-refractivity contribution in [2.45, 2.75) is 0 Å². The summed E-state index contributed by atoms with van der Waals surface area (Å²) in [4.78, 5) is 14.2. The average molecular weight is 209 g/mol. The molecule has 0 N–H and O–H groups in total. The Morgan fingerprint density at radius 3 is 2.93 bits per heavy atom. The van der Waals surface area contributed by atoms with Crippen molar-refractivity contribution in [1.82, 2.24) is 4.98 Å². The van der Waals surface area contributed by atoms with Crippen molar-refractivity contribution >= 4 is 28.2 Å². The van der Waals surface area contributed by atoms with Crippen LogP contribution in [0.15, 0.2) is 30.5 Å². The van der Waals surface area contributed by atoms with E-state index in [0.717, 1.165) is 0 Å². The van der Waals surface area contributed by atoms with Crippen LogP contribution in [0.4, 0.5) is 5.69 Å². The van der Waals surface area contributed by atoms with E-state index in [1.54, 1.807) is 18.2 Å². The summed E-state index contributed by atoms with van der Waals surface area (Å²) < 4.78 is 0. The van der Waals surface area contributed by atoms with Gasteiger partial charge in [-0.2, -0.15) is 0 Å². The van der Waals surface area contributed by atoms with Crippen LogP contribution in [0.25, 0.3) is 10.9 Å². The summed E-state index contributed by atoms with van der Waals surface area (Å²) in [5.41, 5.74) is 0.598. The van der Waals surface area contributed by atoms with Crippen molar-refractivity contribution in [3.05, 3.63) is 45.6 Å². The highest BCUT2D eigenvalue weighted by Gasteiger charge is 2.11. The lowest BCUT2D eigenvalue weighted by molar-refractivity contribution is -0.383. The number of pyridine rings is 1. The summed E-state index contributed by atoms with van der Waals surface area (Å²) in [6, 6.07) is 6.28. The first-order valence-electron chi connectivity index (χ1n) is 3.87. The summed E-state index contributed by atoms with van der Waals surface area (Å²) in [6.45, 7) is 0. The van der Waals surface area contributed by atoms with E-state index in [1.165, 1.54) is 12.3 Å². The second-order valence-electron chi connectivity index (χ2n) is 2.75. The fourth-order valence-corrected chi connectivity index (χ4v) is 1.43. The molecule has 0 saturated carbocycles. The number of nitro groups is 1. The van der Waals surface area contributed by atoms with Gasteiger partial charge in [-0.1, -0.05) is 17.7 Å². The zero-order chi connectivity index (χ0) is 10.1. The molecule has 0 fully saturated rings. The van der Waals surface area contributed by atoms with Crippen LogP contribution in [-0.2, 0) is 0 Å². The Kier molecular flexibility index (Phi) is 2.05. The first kappa shape index (κ1) is 8.90. The van der Waals surface area contributed by atoms with Gasteiger partial charge in [0.1, 0.15) is 0 Å². The van der Waals surface area contributed by atoms with Crippen LogP contribution >= 0.6 is 11.6 Å². The maximum atomic E-state index is 10.7. The average Bonchev–Trinajstić information content (AvgIpc) is 2.16. The zero-order valence-corrected chi connectivity index (χ0v) is 7.73. The molecule has 0 aliphatic rings. The first-order chi connectivity index (χ1) is 6.68. The summed E-state index contributed by atoms with van der Waals surface area (Å²) in [6.07, 6.45) is 1.47. The standard InChI is InChI=1S/C9H5ClN2O2/c10-6-4-7-8(11-5-6)2-1-3-9(7)12(13)14/h1-5H. The van der Waals surface area contributed by atoms with Gasteiger partial charge in [0.2, 0.25) is 0 Å². The van der Waals surface area contributed by atoms with Crippen molar-refractivity contribution in [2.75, 3.05) is 0 Å². The summed E-state index contributed by atoms with van der Waals surface area (Å²) in [5, 5.41) is 11.5. The quantitative estimate of drug-likeness (QED) is 0.535. The van der Waals surface area contributed by atoms with Gasteiger partial charge >= 0.3 is 0 Å². The van der Waals surface area contributed by atoms with Crippen LogP contribution in [0.5, 0.6) is 0 Å². The fraction of sp³-hybridized carbons (Fsp3) is 0. The SMILES string of the molecule is O=[N+]([O-])c1cccc2ncc(Cl)cc12. The molecule has 0 aliphatic heterocycles. The number of aromatic nitrogens is 1. The molecule has 0 saturated heterocycles. The highest BCUT2D eigenvalue weighted by Crippen LogP contribution is 2.25. The molecule has 1 aromatic carbocycles. The van der Waals surface area contributed by atoms with Gasteiger partial charge in [-0.25, -0.2) is 0 Å². The third-order valence-corrected chi connectivity index (χ3v) is 2.07. The van der Waals surface area contributed by atoms with E-state index >= 15 is 0 Å². The van der Waals surface area contributed by atoms with Gasteiger partial charge in [-0.05, 0) is 12.1 Å². The Hall–Kier alpha value is -1.68. The summed E-state index contributed by atoms with van der Waals surface area (Å²) in [5.74, 6) is 0. The Morgan fingerprint density at radius 2 is 2.21 bits per heavy atom. The maximum absolute atomic E-state index is 10.7. The maximum Gasteiger partial charge on any atom is 0.278 e. The van der Waals surface area contributed by atoms with Crippen LogP contribution < -0.4 is 0 Å². The van der Waals surface area contributed by atoms with E-state index in [-0.39, 0.29) is 5.69 Å². The normalized spacial score (nSPS) is 10.4. The predicted octanol–water partition coefficient (Wildman–Crippen LogP) is 2.80. The number of rotatable bonds is 1. The molecule has 14 heavy (non-hydrogen) atoms. The van der Waals surface area contributed by atoms with Gasteiger partial charge in [0.05, 0.1) is 20.8 Å². The Balaban J connectivity index is 2.84. The second kappa shape index (κ2) is 3.23. The highest BCUT2D eigenvalue weighted by molar-refractivity contribution is 6.31. The van der Waals surface area contributed by atoms with Crippen molar-refractivity contribution in [2.24, 2.45) is 0 Å². The third kappa shape index (κ3) is 1.40. The minimum atomic E-state index is -0.444. The number of benzene rings is 1. The fourth-order valence-electron chi connectivity index (χ4n) is 1.27. The van der Waals surface area contributed by atoms with E-state index in [1.807, 2.05) is 0 Å². The topological polar surface area (TPSA) is 56.0 Å². The van der Waals surface area contributed by atoms with E-state index in [2.05, 4.69) is 4.98 Å². The van der Waals surface area contributed by atoms with Crippen molar-refractivity contribution in [1.29, 1.82) is 0 Å². The van der Waals surface area contributed by atoms with Crippen LogP contribution in [-0.4, -0.2) is 9.91 Å². The number of hydrogen-bond donors (Lipinski definition) is 0. The van der Waals surface area contributed by atoms with E-state index in [0.29, 0.717) is 15.9 Å². The number of halogens is 1. The van der Waals surface area contributed by atoms with Gasteiger partial charge in [0.15, 0.2) is 0 Å². The van der Waals surface area contributed by atoms with Crippen molar-refractivity contribution < 1.29 is 4.92 Å². The molecule has 5 heteroatoms. The summed E-state index contributed by atoms with van der Waals surface area (Å²) >= 11 is 5.71. The second-order valence-corrected chi connectivity index (χ2v) is 3.19. The molecule has 0 amide bonds. The molecule has 2 rings (SSSR count). The van der Waals surface area contributed by atoms with E-state index in [9.17, 15) is 10.1 Å². The molecule has 1 heterocycles. The van der Waals surface area contributed by atoms with Crippen molar-refractivity contribution in [3.8, 4) is 0 Å². The molecule has 0 bridgehead atoms. The minimum Gasteiger partial charge on any atom is -0.258 e. The van der Waals surface area contributed by atoms with Gasteiger partial charge in [0.25, 0.3) is 5.69 Å². The molecule has 70 valence electrons. The smallest absolute Gasteiger partial charge is 0.258 e. The van der Waals surface area contributed by atoms with Gasteiger partial charge in [-0.15, -0.1) is 0 Å². The largest absolute Gasteiger partial charge is 0.278 e. The number of nitrogens with zero attached hydrogens (tertiary/aromatic N) is 2. The van der Waals surface area contributed by atoms with E-state index < -0.39 is 4.92 Å². The summed E-state index contributed by atoms with van der Waals surface area (Å²) in [7, 11) is 0. The van der Waals surface area contributed by atoms with Gasteiger partial charge < -0.3 is 0 Å². The molecular formula is C9H5ClN2O2. The lowest BCUT2D eigenvalue weighted by Crippen LogP contribution is -1.90. The Bertz CT molecular complexity index is 513. The molecule has 0 unspecified atom stereocenters. The molecule has 1 aromatic heterocycles. The van der Waals surface area contributed by atoms with Crippen LogP contribution in [0.1, 0.15) is 0 Å². The number of hydrogen-bond acceptors (Lipinski definition) is 3. The molecule has 0 aliphatic carbocycles. The molecule has 0 radical (unpaired) electrons. The van der Waals surface area contributed by atoms with Gasteiger partial charge in [-0.3, -0.25) is 15.1 Å². The zero-order valence-electron chi connectivity index (χ0n) is 6.98. The first-order valence-corrected chi connectivity index (χ1v) is 4.25. The Morgan fingerprint density at radius 1 is 1.43 bits per heavy atom. The molecular weight excluding hydrogens is 204 g/mol. The highest BCUT2D eigenvalue weighted by atomic mass is 35.5. The Labute approximate surface area is 84.3 Å². The van der Waals surface area contributed by atoms with Crippen LogP contribution in [0, 0.1) is 10.1 Å². The lowest BCUT2D eigenvalue weighted by atomic mass is 10.2. The monoisotopic (exact) mass is 208 g/mol. The van der Waals surface area contributed by atoms with Crippen LogP contribution in [0.3, 0.4) is 0 Å².